The van der Waals surface area contributed by atoms with Crippen LogP contribution < -0.4 is 10.6 Å². The summed E-state index contributed by atoms with van der Waals surface area (Å²) in [7, 11) is 0. The summed E-state index contributed by atoms with van der Waals surface area (Å²) < 4.78 is 11.5. The van der Waals surface area contributed by atoms with E-state index in [4.69, 9.17) is 9.47 Å². The topological polar surface area (TPSA) is 117 Å². The number of esters is 1. The number of amides is 2. The summed E-state index contributed by atoms with van der Waals surface area (Å²) in [6, 6.07) is -0.103. The fraction of sp³-hybridized carbons (Fsp3) is 0.947. The van der Waals surface area contributed by atoms with Gasteiger partial charge in [0.05, 0.1) is 51.9 Å². The van der Waals surface area contributed by atoms with Crippen LogP contribution in [0, 0.1) is 0 Å². The van der Waals surface area contributed by atoms with E-state index in [9.17, 15) is 19.5 Å². The van der Waals surface area contributed by atoms with Crippen LogP contribution in [-0.2, 0) is 23.9 Å². The Labute approximate surface area is 409 Å². The van der Waals surface area contributed by atoms with Crippen molar-refractivity contribution in [1.82, 2.24) is 10.6 Å². The Kier molecular flexibility index (Phi) is 44.4. The van der Waals surface area contributed by atoms with E-state index in [1.807, 2.05) is 0 Å². The number of hydrogen-bond acceptors (Lipinski definition) is 6. The molecule has 1 aliphatic rings. The normalized spacial score (nSPS) is 14.1. The Bertz CT molecular complexity index is 1030. The number of aliphatic hydroxyl groups is 1. The molecule has 0 aromatic carbocycles. The van der Waals surface area contributed by atoms with Gasteiger partial charge in [0.25, 0.3) is 0 Å². The standard InChI is InChI=1S/C57H111N3O6/c1-4-6-8-10-12-14-16-18-20-22-24-26-28-30-32-34-36-38-40-42-55(62)58-44-46-60(51-54-52-66-54,53(3)50-57(64)65-49-48-61)47-45-59-56(63)43-41-39-37-35-33-31-29-27-25-23-21-19-17-15-13-11-9-7-5-2/h53-54,61H,4-52H2,1-3H3,(H-,58,59,62,63)/p+1. The van der Waals surface area contributed by atoms with Gasteiger partial charge in [-0.2, -0.15) is 0 Å². The highest BCUT2D eigenvalue weighted by Gasteiger charge is 2.41. The third kappa shape index (κ3) is 40.2. The van der Waals surface area contributed by atoms with Gasteiger partial charge in [-0.3, -0.25) is 14.4 Å². The molecule has 2 amide bonds. The Morgan fingerprint density at radius 3 is 1.08 bits per heavy atom. The lowest BCUT2D eigenvalue weighted by molar-refractivity contribution is -0.947. The molecule has 1 fully saturated rings. The second kappa shape index (κ2) is 47.0. The van der Waals surface area contributed by atoms with Gasteiger partial charge < -0.3 is 29.7 Å². The third-order valence-corrected chi connectivity index (χ3v) is 14.5. The van der Waals surface area contributed by atoms with Crippen molar-refractivity contribution in [2.24, 2.45) is 0 Å². The smallest absolute Gasteiger partial charge is 0.311 e. The molecule has 0 aliphatic carbocycles. The minimum Gasteiger partial charge on any atom is -0.463 e. The summed E-state index contributed by atoms with van der Waals surface area (Å²) in [6.07, 6.45) is 52.2. The van der Waals surface area contributed by atoms with E-state index in [1.165, 1.54) is 218 Å². The number of quaternary nitrogens is 1. The molecule has 2 unspecified atom stereocenters. The van der Waals surface area contributed by atoms with E-state index in [-0.39, 0.29) is 49.6 Å². The van der Waals surface area contributed by atoms with Gasteiger partial charge >= 0.3 is 5.97 Å². The first-order valence-electron chi connectivity index (χ1n) is 29.1. The Morgan fingerprint density at radius 2 is 0.803 bits per heavy atom. The van der Waals surface area contributed by atoms with Gasteiger partial charge in [-0.25, -0.2) is 0 Å². The minimum absolute atomic E-state index is 0.0116. The van der Waals surface area contributed by atoms with E-state index < -0.39 is 0 Å². The monoisotopic (exact) mass is 935 g/mol. The molecule has 66 heavy (non-hydrogen) atoms. The molecule has 1 aliphatic heterocycles. The fourth-order valence-electron chi connectivity index (χ4n) is 9.89. The molecule has 0 spiro atoms. The molecule has 1 saturated heterocycles. The zero-order valence-electron chi connectivity index (χ0n) is 44.2. The van der Waals surface area contributed by atoms with Crippen LogP contribution in [0.5, 0.6) is 0 Å². The summed E-state index contributed by atoms with van der Waals surface area (Å²) in [5, 5.41) is 15.6. The number of rotatable bonds is 53. The largest absolute Gasteiger partial charge is 0.463 e. The number of nitrogens with zero attached hydrogens (tertiary/aromatic N) is 1. The number of carbonyl (C=O) groups excluding carboxylic acids is 3. The SMILES string of the molecule is CCCCCCCCCCCCCCCCCCCCCC(=O)NCC[N+](CCNC(=O)CCCCCCCCCCCCCCCCCCCCC)(CC1CO1)C(C)CC(=O)OCCO. The number of epoxide rings is 1. The van der Waals surface area contributed by atoms with Crippen molar-refractivity contribution in [2.75, 3.05) is 52.5 Å². The van der Waals surface area contributed by atoms with Gasteiger partial charge in [0, 0.05) is 12.8 Å². The number of aliphatic hydroxyl groups excluding tert-OH is 1. The molecule has 9 nitrogen and oxygen atoms in total. The Balaban J connectivity index is 2.25. The number of nitrogens with one attached hydrogen (secondary N) is 2. The van der Waals surface area contributed by atoms with Gasteiger partial charge in [-0.05, 0) is 19.8 Å². The van der Waals surface area contributed by atoms with Gasteiger partial charge in [-0.15, -0.1) is 0 Å². The lowest BCUT2D eigenvalue weighted by atomic mass is 10.0. The second-order valence-corrected chi connectivity index (χ2v) is 20.7. The maximum absolute atomic E-state index is 12.9. The fourth-order valence-corrected chi connectivity index (χ4v) is 9.89. The van der Waals surface area contributed by atoms with Crippen molar-refractivity contribution in [2.45, 2.75) is 296 Å². The molecule has 0 radical (unpaired) electrons. The van der Waals surface area contributed by atoms with E-state index in [0.29, 0.717) is 50.1 Å². The number of unbranched alkanes of at least 4 members (excludes halogenated alkanes) is 36. The van der Waals surface area contributed by atoms with Gasteiger partial charge in [0.1, 0.15) is 19.3 Å². The average molecular weight is 936 g/mol. The molecule has 390 valence electrons. The van der Waals surface area contributed by atoms with Crippen molar-refractivity contribution in [3.63, 3.8) is 0 Å². The van der Waals surface area contributed by atoms with E-state index >= 15 is 0 Å². The first kappa shape index (κ1) is 62.3. The number of ether oxygens (including phenoxy) is 2. The van der Waals surface area contributed by atoms with Crippen LogP contribution in [0.2, 0.25) is 0 Å². The van der Waals surface area contributed by atoms with Gasteiger partial charge in [-0.1, -0.05) is 245 Å². The average Bonchev–Trinajstić information content (AvgIpc) is 4.13. The Morgan fingerprint density at radius 1 is 0.515 bits per heavy atom. The molecular weight excluding hydrogens is 823 g/mol. The predicted molar refractivity (Wildman–Crippen MR) is 279 cm³/mol. The van der Waals surface area contributed by atoms with Crippen LogP contribution in [0.15, 0.2) is 0 Å². The summed E-state index contributed by atoms with van der Waals surface area (Å²) in [5.41, 5.74) is 0. The van der Waals surface area contributed by atoms with Gasteiger partial charge in [0.2, 0.25) is 11.8 Å². The minimum atomic E-state index is -0.336. The Hall–Kier alpha value is -1.71. The van der Waals surface area contributed by atoms with Crippen LogP contribution in [-0.4, -0.2) is 92.1 Å². The summed E-state index contributed by atoms with van der Waals surface area (Å²) in [4.78, 5) is 38.6. The molecule has 1 rings (SSSR count). The van der Waals surface area contributed by atoms with Crippen LogP contribution in [0.4, 0.5) is 0 Å². The highest BCUT2D eigenvalue weighted by molar-refractivity contribution is 5.76. The first-order valence-corrected chi connectivity index (χ1v) is 29.1. The molecule has 2 atom stereocenters. The van der Waals surface area contributed by atoms with Crippen molar-refractivity contribution in [3.8, 4) is 0 Å². The van der Waals surface area contributed by atoms with E-state index in [1.54, 1.807) is 0 Å². The molecule has 3 N–H and O–H groups in total. The van der Waals surface area contributed by atoms with Crippen molar-refractivity contribution in [3.05, 3.63) is 0 Å². The molecule has 0 aromatic rings. The zero-order chi connectivity index (χ0) is 47.9. The highest BCUT2D eigenvalue weighted by atomic mass is 16.6. The van der Waals surface area contributed by atoms with Gasteiger partial charge in [0.15, 0.2) is 0 Å². The lowest BCUT2D eigenvalue weighted by Gasteiger charge is -2.43. The van der Waals surface area contributed by atoms with Crippen molar-refractivity contribution in [1.29, 1.82) is 0 Å². The number of carbonyl (C=O) groups is 3. The maximum atomic E-state index is 12.9. The van der Waals surface area contributed by atoms with E-state index in [0.717, 1.165) is 32.2 Å². The van der Waals surface area contributed by atoms with Crippen LogP contribution in [0.1, 0.15) is 284 Å². The summed E-state index contributed by atoms with van der Waals surface area (Å²) in [5.74, 6) is -0.159. The molecule has 9 heteroatoms. The second-order valence-electron chi connectivity index (χ2n) is 20.7. The molecule has 1 heterocycles. The molecule has 0 saturated carbocycles. The summed E-state index contributed by atoms with van der Waals surface area (Å²) >= 11 is 0. The van der Waals surface area contributed by atoms with Crippen molar-refractivity contribution >= 4 is 17.8 Å². The van der Waals surface area contributed by atoms with Crippen LogP contribution in [0.3, 0.4) is 0 Å². The van der Waals surface area contributed by atoms with Crippen LogP contribution in [0.25, 0.3) is 0 Å². The molecule has 0 aromatic heterocycles. The van der Waals surface area contributed by atoms with Crippen molar-refractivity contribution < 1.29 is 33.4 Å². The molecular formula is C57H112N3O6+. The first-order chi connectivity index (χ1) is 32.4. The molecule has 0 bridgehead atoms. The van der Waals surface area contributed by atoms with Crippen LogP contribution >= 0.6 is 0 Å². The predicted octanol–water partition coefficient (Wildman–Crippen LogP) is 14.4. The maximum Gasteiger partial charge on any atom is 0.311 e. The quantitative estimate of drug-likeness (QED) is 0.0242. The zero-order valence-corrected chi connectivity index (χ0v) is 44.2. The third-order valence-electron chi connectivity index (χ3n) is 14.5. The highest BCUT2D eigenvalue weighted by Crippen LogP contribution is 2.24. The summed E-state index contributed by atoms with van der Waals surface area (Å²) in [6.45, 7) is 10.1. The number of hydrogen-bond donors (Lipinski definition) is 3. The lowest BCUT2D eigenvalue weighted by Crippen LogP contribution is -2.61. The van der Waals surface area contributed by atoms with E-state index in [2.05, 4.69) is 31.4 Å².